The Morgan fingerprint density at radius 3 is 2.26 bits per heavy atom. The molecule has 0 unspecified atom stereocenters. The number of fused-ring (bicyclic) bond motifs is 2. The number of aromatic nitrogens is 4. The van der Waals surface area contributed by atoms with Crippen LogP contribution in [0.3, 0.4) is 0 Å². The minimum atomic E-state index is -0.532. The van der Waals surface area contributed by atoms with E-state index in [1.54, 1.807) is 21.5 Å². The lowest BCUT2D eigenvalue weighted by molar-refractivity contribution is -0.130. The Bertz CT molecular complexity index is 2240. The Balaban J connectivity index is 0.000000210. The summed E-state index contributed by atoms with van der Waals surface area (Å²) in [6.07, 6.45) is 1.13. The van der Waals surface area contributed by atoms with Crippen molar-refractivity contribution in [3.63, 3.8) is 0 Å². The first-order valence-electron chi connectivity index (χ1n) is 18.4. The number of carbonyl (C=O) groups excluding carboxylic acids is 2. The van der Waals surface area contributed by atoms with Gasteiger partial charge in [-0.2, -0.15) is 5.10 Å². The van der Waals surface area contributed by atoms with Gasteiger partial charge in [0.05, 0.1) is 17.8 Å². The predicted octanol–water partition coefficient (Wildman–Crippen LogP) is 9.20. The number of amides is 2. The molecule has 3 heterocycles. The van der Waals surface area contributed by atoms with Crippen molar-refractivity contribution in [3.05, 3.63) is 113 Å². The van der Waals surface area contributed by atoms with Crippen molar-refractivity contribution in [1.82, 2.24) is 29.4 Å². The van der Waals surface area contributed by atoms with Gasteiger partial charge in [0.2, 0.25) is 5.91 Å². The molecule has 3 aromatic carbocycles. The molecule has 0 aliphatic rings. The van der Waals surface area contributed by atoms with Crippen molar-refractivity contribution in [1.29, 1.82) is 0 Å². The van der Waals surface area contributed by atoms with Gasteiger partial charge in [0.25, 0.3) is 5.91 Å². The van der Waals surface area contributed by atoms with Gasteiger partial charge in [-0.1, -0.05) is 61.0 Å². The molecular formula is C43H48ClFN6O3. The molecule has 0 N–H and O–H groups in total. The Labute approximate surface area is 321 Å². The number of hydrogen-bond acceptors (Lipinski definition) is 6. The van der Waals surface area contributed by atoms with E-state index in [2.05, 4.69) is 11.9 Å². The highest BCUT2D eigenvalue weighted by Crippen LogP contribution is 2.33. The highest BCUT2D eigenvalue weighted by atomic mass is 35.5. The fourth-order valence-electron chi connectivity index (χ4n) is 6.29. The summed E-state index contributed by atoms with van der Waals surface area (Å²) in [5, 5.41) is 7.35. The number of pyridine rings is 1. The van der Waals surface area contributed by atoms with Crippen LogP contribution in [0.15, 0.2) is 84.9 Å². The first kappa shape index (κ1) is 39.8. The van der Waals surface area contributed by atoms with Gasteiger partial charge in [0.15, 0.2) is 5.65 Å². The van der Waals surface area contributed by atoms with Crippen molar-refractivity contribution < 1.29 is 18.7 Å². The average molecular weight is 750 g/mol. The van der Waals surface area contributed by atoms with Gasteiger partial charge < -0.3 is 14.5 Å². The van der Waals surface area contributed by atoms with Crippen LogP contribution in [0.4, 0.5) is 4.39 Å². The Morgan fingerprint density at radius 1 is 0.907 bits per heavy atom. The minimum Gasteiger partial charge on any atom is -0.491 e. The number of alkyl halides is 1. The third kappa shape index (κ3) is 8.88. The first-order valence-corrected chi connectivity index (χ1v) is 18.7. The lowest BCUT2D eigenvalue weighted by Gasteiger charge is -2.24. The van der Waals surface area contributed by atoms with Crippen LogP contribution in [0.25, 0.3) is 38.9 Å². The summed E-state index contributed by atoms with van der Waals surface area (Å²) >= 11 is 6.39. The fraction of sp³-hybridized carbons (Fsp3) is 0.326. The Hall–Kier alpha value is -5.35. The highest BCUT2D eigenvalue weighted by molar-refractivity contribution is 6.33. The lowest BCUT2D eigenvalue weighted by Crippen LogP contribution is -2.35. The third-order valence-electron chi connectivity index (χ3n) is 9.57. The Morgan fingerprint density at radius 2 is 1.59 bits per heavy atom. The molecule has 282 valence electrons. The van der Waals surface area contributed by atoms with Gasteiger partial charge >= 0.3 is 0 Å². The van der Waals surface area contributed by atoms with Crippen molar-refractivity contribution in [3.8, 4) is 28.3 Å². The van der Waals surface area contributed by atoms with E-state index in [-0.39, 0.29) is 30.9 Å². The quantitative estimate of drug-likeness (QED) is 0.124. The molecule has 0 fully saturated rings. The highest BCUT2D eigenvalue weighted by Gasteiger charge is 2.23. The number of likely N-dealkylation sites (N-methyl/N-ethyl adjacent to an activating group) is 1. The summed E-state index contributed by atoms with van der Waals surface area (Å²) in [6.45, 7) is 12.8. The summed E-state index contributed by atoms with van der Waals surface area (Å²) in [7, 11) is 1.82. The molecule has 11 heteroatoms. The lowest BCUT2D eigenvalue weighted by atomic mass is 10.0. The summed E-state index contributed by atoms with van der Waals surface area (Å²) in [6, 6.07) is 26.8. The summed E-state index contributed by atoms with van der Waals surface area (Å²) in [5.41, 5.74) is 6.96. The van der Waals surface area contributed by atoms with E-state index in [1.165, 1.54) is 0 Å². The predicted molar refractivity (Wildman–Crippen MR) is 215 cm³/mol. The second-order valence-electron chi connectivity index (χ2n) is 13.1. The van der Waals surface area contributed by atoms with Crippen molar-refractivity contribution in [2.24, 2.45) is 0 Å². The molecule has 6 rings (SSSR count). The average Bonchev–Trinajstić information content (AvgIpc) is 3.54. The van der Waals surface area contributed by atoms with Crippen molar-refractivity contribution in [2.45, 2.75) is 60.4 Å². The van der Waals surface area contributed by atoms with Gasteiger partial charge in [-0.05, 0) is 88.9 Å². The first-order chi connectivity index (χ1) is 26.0. The maximum atomic E-state index is 12.9. The topological polar surface area (TPSA) is 92.9 Å². The molecule has 0 saturated carbocycles. The second kappa shape index (κ2) is 18.1. The van der Waals surface area contributed by atoms with E-state index < -0.39 is 6.67 Å². The molecule has 0 spiro atoms. The van der Waals surface area contributed by atoms with Crippen LogP contribution in [0.5, 0.6) is 5.75 Å². The monoisotopic (exact) mass is 749 g/mol. The van der Waals surface area contributed by atoms with Crippen LogP contribution in [-0.2, 0) is 11.2 Å². The van der Waals surface area contributed by atoms with Gasteiger partial charge in [-0.25, -0.2) is 18.9 Å². The van der Waals surface area contributed by atoms with Crippen LogP contribution >= 0.6 is 11.6 Å². The molecule has 1 atom stereocenters. The molecule has 54 heavy (non-hydrogen) atoms. The molecule has 6 aromatic rings. The summed E-state index contributed by atoms with van der Waals surface area (Å²) in [4.78, 5) is 38.7. The van der Waals surface area contributed by atoms with Crippen LogP contribution < -0.4 is 4.74 Å². The standard InChI is InChI=1S/C22H27FN4O2.C21H21ClN2O/c1-5-26(6-2)20(28)14-19-21(17-7-9-18(10-8-17)29-12-11-23)25-27-16(4)13-15(3)24-22(19)27;1-4-14(2)24(3)21(25)19-13-15-9-5-6-10-16(15)20(23-19)17-11-7-8-12-18(17)22/h7-10,13H,5-6,11-12,14H2,1-4H3;5-14H,4H2,1-3H3/t;14-/m.1/s1/i23-1;. The summed E-state index contributed by atoms with van der Waals surface area (Å²) < 4.78 is 19.4. The van der Waals surface area contributed by atoms with Gasteiger partial charge in [0.1, 0.15) is 24.7 Å². The largest absolute Gasteiger partial charge is 0.491 e. The van der Waals surface area contributed by atoms with E-state index in [1.807, 2.05) is 119 Å². The molecule has 0 aliphatic heterocycles. The van der Waals surface area contributed by atoms with Gasteiger partial charge in [-0.15, -0.1) is 0 Å². The fourth-order valence-corrected chi connectivity index (χ4v) is 6.51. The van der Waals surface area contributed by atoms with Crippen molar-refractivity contribution in [2.75, 3.05) is 33.4 Å². The molecular weight excluding hydrogens is 702 g/mol. The Kier molecular flexibility index (Phi) is 13.4. The molecule has 9 nitrogen and oxygen atoms in total. The number of nitrogens with zero attached hydrogens (tertiary/aromatic N) is 6. The zero-order valence-electron chi connectivity index (χ0n) is 32.1. The maximum Gasteiger partial charge on any atom is 0.272 e. The molecule has 0 aliphatic carbocycles. The zero-order valence-corrected chi connectivity index (χ0v) is 32.8. The molecule has 0 saturated heterocycles. The second-order valence-corrected chi connectivity index (χ2v) is 13.5. The number of carbonyl (C=O) groups is 2. The molecule has 0 bridgehead atoms. The summed E-state index contributed by atoms with van der Waals surface area (Å²) in [5.74, 6) is 0.574. The number of aryl methyl sites for hydroxylation is 2. The number of ether oxygens (including phenoxy) is 1. The SMILES string of the molecule is CCN(CC)C(=O)Cc1c(-c2ccc(OCC[18F])cc2)nn2c(C)cc(C)nc12.CC[C@@H](C)N(C)C(=O)c1cc2ccccc2c(-c2ccccc2Cl)n1. The van der Waals surface area contributed by atoms with E-state index in [4.69, 9.17) is 26.4 Å². The minimum absolute atomic E-state index is 0.0275. The zero-order chi connectivity index (χ0) is 38.9. The normalized spacial score (nSPS) is 11.6. The molecule has 2 amide bonds. The number of rotatable bonds is 12. The van der Waals surface area contributed by atoms with Crippen LogP contribution in [0, 0.1) is 13.8 Å². The number of hydrogen-bond donors (Lipinski definition) is 0. The van der Waals surface area contributed by atoms with E-state index in [9.17, 15) is 14.0 Å². The van der Waals surface area contributed by atoms with Crippen molar-refractivity contribution >= 4 is 39.8 Å². The smallest absolute Gasteiger partial charge is 0.272 e. The van der Waals surface area contributed by atoms with E-state index in [0.29, 0.717) is 35.2 Å². The van der Waals surface area contributed by atoms with Crippen LogP contribution in [0.1, 0.15) is 61.6 Å². The third-order valence-corrected chi connectivity index (χ3v) is 9.90. The van der Waals surface area contributed by atoms with Gasteiger partial charge in [0, 0.05) is 64.7 Å². The van der Waals surface area contributed by atoms with Crippen LogP contribution in [-0.4, -0.2) is 80.7 Å². The number of benzene rings is 3. The molecule has 3 aromatic heterocycles. The number of halogens is 2. The van der Waals surface area contributed by atoms with E-state index in [0.717, 1.165) is 56.7 Å². The molecule has 0 radical (unpaired) electrons. The van der Waals surface area contributed by atoms with E-state index >= 15 is 0 Å². The van der Waals surface area contributed by atoms with Crippen LogP contribution in [0.2, 0.25) is 5.02 Å². The maximum absolute atomic E-state index is 12.9. The van der Waals surface area contributed by atoms with Gasteiger partial charge in [-0.3, -0.25) is 9.59 Å².